The maximum Gasteiger partial charge on any atom is 0.220 e. The van der Waals surface area contributed by atoms with Crippen LogP contribution in [0.3, 0.4) is 0 Å². The molecule has 1 aromatic carbocycles. The molecule has 1 aromatic rings. The fraction of sp³-hybridized carbons (Fsp3) is 0.533. The molecule has 2 rings (SSSR count). The van der Waals surface area contributed by atoms with Crippen LogP contribution in [0.4, 0.5) is 4.39 Å². The Balaban J connectivity index is 0.00000200. The van der Waals surface area contributed by atoms with Crippen molar-refractivity contribution in [2.24, 2.45) is 0 Å². The third-order valence-corrected chi connectivity index (χ3v) is 3.64. The van der Waals surface area contributed by atoms with Gasteiger partial charge in [-0.25, -0.2) is 4.39 Å². The van der Waals surface area contributed by atoms with E-state index in [0.717, 1.165) is 13.0 Å². The molecule has 1 saturated heterocycles. The Labute approximate surface area is 125 Å². The monoisotopic (exact) mass is 300 g/mol. The van der Waals surface area contributed by atoms with Gasteiger partial charge in [-0.3, -0.25) is 4.79 Å². The van der Waals surface area contributed by atoms with Gasteiger partial charge in [-0.2, -0.15) is 0 Å². The molecule has 1 aliphatic heterocycles. The first-order chi connectivity index (χ1) is 9.16. The lowest BCUT2D eigenvalue weighted by Crippen LogP contribution is -2.37. The van der Waals surface area contributed by atoms with E-state index in [1.807, 2.05) is 6.92 Å². The normalized spacial score (nSPS) is 19.2. The van der Waals surface area contributed by atoms with Crippen molar-refractivity contribution in [3.8, 4) is 0 Å². The predicted octanol–water partition coefficient (Wildman–Crippen LogP) is 2.61. The highest BCUT2D eigenvalue weighted by atomic mass is 35.5. The van der Waals surface area contributed by atoms with Gasteiger partial charge in [0, 0.05) is 19.0 Å². The van der Waals surface area contributed by atoms with E-state index in [2.05, 4.69) is 10.6 Å². The van der Waals surface area contributed by atoms with Crippen LogP contribution in [-0.2, 0) is 4.79 Å². The van der Waals surface area contributed by atoms with Gasteiger partial charge in [0.2, 0.25) is 5.91 Å². The number of amides is 1. The van der Waals surface area contributed by atoms with Gasteiger partial charge in [0.15, 0.2) is 0 Å². The average molecular weight is 301 g/mol. The third kappa shape index (κ3) is 4.76. The van der Waals surface area contributed by atoms with Crippen LogP contribution in [0.1, 0.15) is 37.7 Å². The summed E-state index contributed by atoms with van der Waals surface area (Å²) in [6, 6.07) is 7.04. The van der Waals surface area contributed by atoms with Crippen LogP contribution in [-0.4, -0.2) is 25.0 Å². The lowest BCUT2D eigenvalue weighted by Gasteiger charge is -2.15. The number of rotatable bonds is 5. The predicted molar refractivity (Wildman–Crippen MR) is 80.7 cm³/mol. The summed E-state index contributed by atoms with van der Waals surface area (Å²) in [5.74, 6) is -0.345. The average Bonchev–Trinajstić information content (AvgIpc) is 2.90. The highest BCUT2D eigenvalue weighted by Gasteiger charge is 2.17. The van der Waals surface area contributed by atoms with E-state index in [0.29, 0.717) is 24.6 Å². The van der Waals surface area contributed by atoms with Crippen LogP contribution >= 0.6 is 12.4 Å². The first-order valence-electron chi connectivity index (χ1n) is 6.91. The largest absolute Gasteiger partial charge is 0.355 e. The lowest BCUT2D eigenvalue weighted by atomic mass is 9.97. The highest BCUT2D eigenvalue weighted by Crippen LogP contribution is 2.21. The molecule has 1 fully saturated rings. The van der Waals surface area contributed by atoms with Crippen molar-refractivity contribution in [1.82, 2.24) is 10.6 Å². The smallest absolute Gasteiger partial charge is 0.220 e. The fourth-order valence-electron chi connectivity index (χ4n) is 2.50. The van der Waals surface area contributed by atoms with E-state index < -0.39 is 0 Å². The minimum atomic E-state index is -0.236. The van der Waals surface area contributed by atoms with E-state index in [9.17, 15) is 9.18 Å². The Morgan fingerprint density at radius 1 is 1.50 bits per heavy atom. The molecule has 0 spiro atoms. The number of halogens is 2. The number of nitrogens with one attached hydrogen (secondary N) is 2. The van der Waals surface area contributed by atoms with Crippen LogP contribution in [0.15, 0.2) is 24.3 Å². The van der Waals surface area contributed by atoms with E-state index in [4.69, 9.17) is 0 Å². The summed E-state index contributed by atoms with van der Waals surface area (Å²) in [7, 11) is 0. The van der Waals surface area contributed by atoms with Crippen molar-refractivity contribution in [3.05, 3.63) is 35.6 Å². The van der Waals surface area contributed by atoms with E-state index in [-0.39, 0.29) is 30.0 Å². The summed E-state index contributed by atoms with van der Waals surface area (Å²) in [5, 5.41) is 6.25. The molecule has 2 atom stereocenters. The van der Waals surface area contributed by atoms with Crippen molar-refractivity contribution < 1.29 is 9.18 Å². The molecule has 5 heteroatoms. The Bertz CT molecular complexity index is 436. The Morgan fingerprint density at radius 2 is 2.25 bits per heavy atom. The highest BCUT2D eigenvalue weighted by molar-refractivity contribution is 5.85. The second-order valence-electron chi connectivity index (χ2n) is 5.22. The summed E-state index contributed by atoms with van der Waals surface area (Å²) in [5.41, 5.74) is 0.608. The molecule has 112 valence electrons. The van der Waals surface area contributed by atoms with Gasteiger partial charge in [-0.05, 0) is 36.9 Å². The van der Waals surface area contributed by atoms with E-state index in [1.165, 1.54) is 12.5 Å². The lowest BCUT2D eigenvalue weighted by molar-refractivity contribution is -0.121. The molecule has 0 bridgehead atoms. The summed E-state index contributed by atoms with van der Waals surface area (Å²) >= 11 is 0. The molecule has 2 unspecified atom stereocenters. The minimum Gasteiger partial charge on any atom is -0.355 e. The number of carbonyl (C=O) groups excluding carboxylic acids is 1. The number of hydrogen-bond acceptors (Lipinski definition) is 2. The molecule has 20 heavy (non-hydrogen) atoms. The van der Waals surface area contributed by atoms with Crippen LogP contribution in [0.5, 0.6) is 0 Å². The van der Waals surface area contributed by atoms with Crippen molar-refractivity contribution in [1.29, 1.82) is 0 Å². The van der Waals surface area contributed by atoms with Crippen molar-refractivity contribution in [3.63, 3.8) is 0 Å². The van der Waals surface area contributed by atoms with Crippen molar-refractivity contribution in [2.45, 2.75) is 38.1 Å². The van der Waals surface area contributed by atoms with Crippen LogP contribution in [0.25, 0.3) is 0 Å². The first kappa shape index (κ1) is 16.9. The minimum absolute atomic E-state index is 0. The molecule has 1 heterocycles. The zero-order chi connectivity index (χ0) is 13.7. The van der Waals surface area contributed by atoms with Gasteiger partial charge in [0.1, 0.15) is 5.82 Å². The fourth-order valence-corrected chi connectivity index (χ4v) is 2.50. The quantitative estimate of drug-likeness (QED) is 0.877. The van der Waals surface area contributed by atoms with Gasteiger partial charge in [-0.15, -0.1) is 12.4 Å². The molecule has 1 aliphatic rings. The molecule has 0 aliphatic carbocycles. The Kier molecular flexibility index (Phi) is 6.96. The number of benzene rings is 1. The summed E-state index contributed by atoms with van der Waals surface area (Å²) in [4.78, 5) is 11.8. The first-order valence-corrected chi connectivity index (χ1v) is 6.91. The topological polar surface area (TPSA) is 41.1 Å². The van der Waals surface area contributed by atoms with Crippen LogP contribution < -0.4 is 10.6 Å². The number of hydrogen-bond donors (Lipinski definition) is 2. The standard InChI is InChI=1S/C15H21FN2O.ClH/c1-11(13-6-2-3-7-14(13)16)9-15(19)18-10-12-5-4-8-17-12;/h2-3,6-7,11-12,17H,4-5,8-10H2,1H3,(H,18,19);1H. The second-order valence-corrected chi connectivity index (χ2v) is 5.22. The zero-order valence-electron chi connectivity index (χ0n) is 11.7. The maximum absolute atomic E-state index is 13.6. The molecule has 0 aromatic heterocycles. The van der Waals surface area contributed by atoms with E-state index in [1.54, 1.807) is 18.2 Å². The van der Waals surface area contributed by atoms with Gasteiger partial charge in [-0.1, -0.05) is 25.1 Å². The summed E-state index contributed by atoms with van der Waals surface area (Å²) in [6.45, 7) is 3.58. The molecule has 2 N–H and O–H groups in total. The van der Waals surface area contributed by atoms with Crippen LogP contribution in [0, 0.1) is 5.82 Å². The molecule has 0 saturated carbocycles. The zero-order valence-corrected chi connectivity index (χ0v) is 12.5. The maximum atomic E-state index is 13.6. The molecular weight excluding hydrogens is 279 g/mol. The SMILES string of the molecule is CC(CC(=O)NCC1CCCN1)c1ccccc1F.Cl. The van der Waals surface area contributed by atoms with Gasteiger partial charge >= 0.3 is 0 Å². The molecule has 0 radical (unpaired) electrons. The van der Waals surface area contributed by atoms with Crippen molar-refractivity contribution in [2.75, 3.05) is 13.1 Å². The summed E-state index contributed by atoms with van der Waals surface area (Å²) < 4.78 is 13.6. The second kappa shape index (κ2) is 8.22. The number of carbonyl (C=O) groups is 1. The van der Waals surface area contributed by atoms with Gasteiger partial charge in [0.25, 0.3) is 0 Å². The molecule has 3 nitrogen and oxygen atoms in total. The van der Waals surface area contributed by atoms with Gasteiger partial charge < -0.3 is 10.6 Å². The van der Waals surface area contributed by atoms with Gasteiger partial charge in [0.05, 0.1) is 0 Å². The summed E-state index contributed by atoms with van der Waals surface area (Å²) in [6.07, 6.45) is 2.61. The Morgan fingerprint density at radius 3 is 2.90 bits per heavy atom. The Hall–Kier alpha value is -1.13. The van der Waals surface area contributed by atoms with E-state index >= 15 is 0 Å². The third-order valence-electron chi connectivity index (χ3n) is 3.64. The van der Waals surface area contributed by atoms with Crippen LogP contribution in [0.2, 0.25) is 0 Å². The molecule has 1 amide bonds. The van der Waals surface area contributed by atoms with Crippen molar-refractivity contribution >= 4 is 18.3 Å². The molecular formula is C15H22ClFN2O.